The first-order valence-electron chi connectivity index (χ1n) is 11.9. The number of fused-ring (bicyclic) bond motifs is 2. The molecule has 2 aromatic carbocycles. The number of benzene rings is 2. The summed E-state index contributed by atoms with van der Waals surface area (Å²) < 4.78 is 0. The fourth-order valence-corrected chi connectivity index (χ4v) is 4.23. The third kappa shape index (κ3) is 5.75. The lowest BCUT2D eigenvalue weighted by Crippen LogP contribution is -2.24. The van der Waals surface area contributed by atoms with Crippen LogP contribution in [0, 0.1) is 0 Å². The van der Waals surface area contributed by atoms with E-state index in [2.05, 4.69) is 10.6 Å². The molecule has 0 aliphatic heterocycles. The van der Waals surface area contributed by atoms with E-state index in [4.69, 9.17) is 11.5 Å². The Morgan fingerprint density at radius 2 is 1.00 bits per heavy atom. The first-order chi connectivity index (χ1) is 15.7. The Morgan fingerprint density at radius 1 is 0.562 bits per heavy atom. The van der Waals surface area contributed by atoms with Gasteiger partial charge >= 0.3 is 0 Å². The molecule has 0 aromatic heterocycles. The molecule has 6 N–H and O–H groups in total. The van der Waals surface area contributed by atoms with Gasteiger partial charge in [-0.05, 0) is 50.9 Å². The molecule has 0 saturated heterocycles. The Hall–Kier alpha value is -2.70. The fraction of sp³-hybridized carbons (Fsp3) is 0.462. The van der Waals surface area contributed by atoms with Crippen molar-refractivity contribution in [2.45, 2.75) is 51.4 Å². The number of ketones is 2. The predicted molar refractivity (Wildman–Crippen MR) is 132 cm³/mol. The molecule has 0 bridgehead atoms. The Labute approximate surface area is 191 Å². The summed E-state index contributed by atoms with van der Waals surface area (Å²) in [7, 11) is 0. The number of carbonyl (C=O) groups excluding carboxylic acids is 2. The van der Waals surface area contributed by atoms with E-state index in [9.17, 15) is 9.59 Å². The van der Waals surface area contributed by atoms with Gasteiger partial charge in [0.15, 0.2) is 11.6 Å². The molecule has 6 nitrogen and oxygen atoms in total. The summed E-state index contributed by atoms with van der Waals surface area (Å²) in [6, 6.07) is 11.0. The average molecular weight is 437 g/mol. The normalized spacial score (nSPS) is 12.4. The Bertz CT molecular complexity index is 855. The van der Waals surface area contributed by atoms with Gasteiger partial charge in [-0.1, -0.05) is 49.9 Å². The van der Waals surface area contributed by atoms with Crippen LogP contribution in [0.1, 0.15) is 83.2 Å². The van der Waals surface area contributed by atoms with Gasteiger partial charge in [0.1, 0.15) is 0 Å². The number of hydrogen-bond donors (Lipinski definition) is 4. The van der Waals surface area contributed by atoms with E-state index in [1.165, 1.54) is 0 Å². The van der Waals surface area contributed by atoms with Gasteiger partial charge < -0.3 is 22.1 Å². The summed E-state index contributed by atoms with van der Waals surface area (Å²) in [6.07, 6.45) is 8.47. The predicted octanol–water partition coefficient (Wildman–Crippen LogP) is 4.32. The lowest BCUT2D eigenvalue weighted by molar-refractivity contribution is 0.0980. The Kier molecular flexibility index (Phi) is 9.26. The number of carbonyl (C=O) groups is 2. The number of nitrogens with two attached hydrogens (primary N) is 2. The summed E-state index contributed by atoms with van der Waals surface area (Å²) in [5.74, 6) is -0.181. The second-order valence-corrected chi connectivity index (χ2v) is 8.37. The Morgan fingerprint density at radius 3 is 1.44 bits per heavy atom. The zero-order valence-corrected chi connectivity index (χ0v) is 18.9. The second-order valence-electron chi connectivity index (χ2n) is 8.37. The molecule has 0 unspecified atom stereocenters. The van der Waals surface area contributed by atoms with Gasteiger partial charge in [-0.2, -0.15) is 0 Å². The maximum absolute atomic E-state index is 13.6. The van der Waals surface area contributed by atoms with Crippen LogP contribution in [-0.4, -0.2) is 37.7 Å². The minimum Gasteiger partial charge on any atom is -0.384 e. The van der Waals surface area contributed by atoms with Crippen LogP contribution in [0.2, 0.25) is 0 Å². The summed E-state index contributed by atoms with van der Waals surface area (Å²) in [6.45, 7) is 2.97. The second kappa shape index (κ2) is 12.4. The number of rotatable bonds is 14. The van der Waals surface area contributed by atoms with E-state index in [1.54, 1.807) is 12.1 Å². The maximum atomic E-state index is 13.6. The van der Waals surface area contributed by atoms with Gasteiger partial charge in [-0.3, -0.25) is 9.59 Å². The minimum atomic E-state index is -0.0907. The third-order valence-corrected chi connectivity index (χ3v) is 5.96. The first kappa shape index (κ1) is 24.0. The maximum Gasteiger partial charge on any atom is 0.198 e. The summed E-state index contributed by atoms with van der Waals surface area (Å²) in [5, 5.41) is 6.78. The van der Waals surface area contributed by atoms with Crippen molar-refractivity contribution in [3.05, 3.63) is 58.7 Å². The Balaban J connectivity index is 1.74. The van der Waals surface area contributed by atoms with Crippen molar-refractivity contribution in [2.24, 2.45) is 11.5 Å². The SMILES string of the molecule is NCCCCCCNc1cccc2c1C(=O)c1c(NCCCCCCN)cccc1C2=O. The molecule has 0 saturated carbocycles. The van der Waals surface area contributed by atoms with Crippen molar-refractivity contribution in [1.29, 1.82) is 0 Å². The largest absolute Gasteiger partial charge is 0.384 e. The molecule has 0 radical (unpaired) electrons. The standard InChI is InChI=1S/C26H36N4O2/c27-15-5-1-3-7-17-29-21-13-9-11-19-23(21)26(32)24-20(25(19)31)12-10-14-22(24)30-18-8-4-2-6-16-28/h9-14,29-30H,1-8,15-18,27-28H2. The monoisotopic (exact) mass is 436 g/mol. The number of nitrogens with one attached hydrogen (secondary N) is 2. The van der Waals surface area contributed by atoms with Gasteiger partial charge in [-0.25, -0.2) is 0 Å². The van der Waals surface area contributed by atoms with Crippen molar-refractivity contribution in [2.75, 3.05) is 36.8 Å². The van der Waals surface area contributed by atoms with Crippen molar-refractivity contribution in [1.82, 2.24) is 0 Å². The van der Waals surface area contributed by atoms with Crippen LogP contribution in [0.4, 0.5) is 11.4 Å². The van der Waals surface area contributed by atoms with Gasteiger partial charge in [-0.15, -0.1) is 0 Å². The topological polar surface area (TPSA) is 110 Å². The number of anilines is 2. The molecular weight excluding hydrogens is 400 g/mol. The molecule has 1 aliphatic rings. The van der Waals surface area contributed by atoms with E-state index in [1.807, 2.05) is 24.3 Å². The molecule has 3 rings (SSSR count). The summed E-state index contributed by atoms with van der Waals surface area (Å²) in [5.41, 5.74) is 14.5. The molecule has 32 heavy (non-hydrogen) atoms. The molecule has 0 amide bonds. The molecular formula is C26H36N4O2. The molecule has 0 fully saturated rings. The van der Waals surface area contributed by atoms with Crippen molar-refractivity contribution >= 4 is 22.9 Å². The smallest absolute Gasteiger partial charge is 0.198 e. The molecule has 0 spiro atoms. The lowest BCUT2D eigenvalue weighted by atomic mass is 9.82. The molecule has 1 aliphatic carbocycles. The van der Waals surface area contributed by atoms with E-state index < -0.39 is 0 Å². The van der Waals surface area contributed by atoms with Crippen molar-refractivity contribution in [3.63, 3.8) is 0 Å². The van der Waals surface area contributed by atoms with Crippen LogP contribution >= 0.6 is 0 Å². The van der Waals surface area contributed by atoms with Crippen molar-refractivity contribution in [3.8, 4) is 0 Å². The van der Waals surface area contributed by atoms with Crippen LogP contribution in [0.3, 0.4) is 0 Å². The molecule has 2 aromatic rings. The fourth-order valence-electron chi connectivity index (χ4n) is 4.23. The van der Waals surface area contributed by atoms with Crippen LogP contribution < -0.4 is 22.1 Å². The summed E-state index contributed by atoms with van der Waals surface area (Å²) in [4.78, 5) is 26.8. The molecule has 6 heteroatoms. The van der Waals surface area contributed by atoms with Crippen LogP contribution in [0.15, 0.2) is 36.4 Å². The van der Waals surface area contributed by atoms with Gasteiger partial charge in [0, 0.05) is 35.6 Å². The van der Waals surface area contributed by atoms with Crippen LogP contribution in [0.25, 0.3) is 0 Å². The van der Waals surface area contributed by atoms with E-state index >= 15 is 0 Å². The first-order valence-corrected chi connectivity index (χ1v) is 11.9. The van der Waals surface area contributed by atoms with Gasteiger partial charge in [0.05, 0.1) is 11.1 Å². The highest BCUT2D eigenvalue weighted by atomic mass is 16.1. The lowest BCUT2D eigenvalue weighted by Gasteiger charge is -2.23. The van der Waals surface area contributed by atoms with E-state index in [0.29, 0.717) is 22.3 Å². The highest BCUT2D eigenvalue weighted by Gasteiger charge is 2.33. The van der Waals surface area contributed by atoms with Crippen LogP contribution in [0.5, 0.6) is 0 Å². The van der Waals surface area contributed by atoms with E-state index in [-0.39, 0.29) is 11.6 Å². The zero-order valence-electron chi connectivity index (χ0n) is 18.9. The zero-order chi connectivity index (χ0) is 22.8. The van der Waals surface area contributed by atoms with Crippen LogP contribution in [-0.2, 0) is 0 Å². The number of hydrogen-bond acceptors (Lipinski definition) is 6. The summed E-state index contributed by atoms with van der Waals surface area (Å²) >= 11 is 0. The average Bonchev–Trinajstić information content (AvgIpc) is 2.81. The number of unbranched alkanes of at least 4 members (excludes halogenated alkanes) is 6. The molecule has 172 valence electrons. The van der Waals surface area contributed by atoms with Crippen molar-refractivity contribution < 1.29 is 9.59 Å². The van der Waals surface area contributed by atoms with E-state index in [0.717, 1.165) is 88.9 Å². The van der Waals surface area contributed by atoms with Gasteiger partial charge in [0.25, 0.3) is 0 Å². The van der Waals surface area contributed by atoms with Gasteiger partial charge in [0.2, 0.25) is 0 Å². The molecule has 0 atom stereocenters. The highest BCUT2D eigenvalue weighted by Crippen LogP contribution is 2.35. The highest BCUT2D eigenvalue weighted by molar-refractivity contribution is 6.31. The quantitative estimate of drug-likeness (QED) is 0.280. The minimum absolute atomic E-state index is 0.0900. The molecule has 0 heterocycles. The third-order valence-electron chi connectivity index (χ3n) is 5.96.